The SMILES string of the molecule is CON(C)OC(=O)N1CCCCC1. The van der Waals surface area contributed by atoms with E-state index in [0.29, 0.717) is 0 Å². The van der Waals surface area contributed by atoms with E-state index in [9.17, 15) is 4.79 Å². The molecular weight excluding hydrogens is 172 g/mol. The van der Waals surface area contributed by atoms with E-state index in [2.05, 4.69) is 4.84 Å². The van der Waals surface area contributed by atoms with Gasteiger partial charge in [0.1, 0.15) is 0 Å². The Hall–Kier alpha value is -0.810. The van der Waals surface area contributed by atoms with Gasteiger partial charge in [-0.3, -0.25) is 4.84 Å². The molecule has 1 heterocycles. The van der Waals surface area contributed by atoms with Crippen molar-refractivity contribution < 1.29 is 14.5 Å². The van der Waals surface area contributed by atoms with E-state index < -0.39 is 0 Å². The zero-order valence-electron chi connectivity index (χ0n) is 8.15. The molecule has 1 aliphatic heterocycles. The highest BCUT2D eigenvalue weighted by molar-refractivity contribution is 5.67. The van der Waals surface area contributed by atoms with Gasteiger partial charge in [0.05, 0.1) is 14.2 Å². The molecule has 0 aromatic carbocycles. The van der Waals surface area contributed by atoms with Gasteiger partial charge in [-0.1, -0.05) is 0 Å². The molecule has 5 nitrogen and oxygen atoms in total. The highest BCUT2D eigenvalue weighted by atomic mass is 17.0. The van der Waals surface area contributed by atoms with Crippen molar-refractivity contribution in [2.24, 2.45) is 0 Å². The lowest BCUT2D eigenvalue weighted by molar-refractivity contribution is -0.307. The minimum Gasteiger partial charge on any atom is -0.325 e. The van der Waals surface area contributed by atoms with Gasteiger partial charge in [0.2, 0.25) is 0 Å². The molecule has 1 saturated heterocycles. The number of carbonyl (C=O) groups is 1. The maximum Gasteiger partial charge on any atom is 0.430 e. The number of hydroxylamine groups is 2. The Morgan fingerprint density at radius 2 is 1.92 bits per heavy atom. The molecule has 0 bridgehead atoms. The van der Waals surface area contributed by atoms with E-state index in [1.54, 1.807) is 11.9 Å². The van der Waals surface area contributed by atoms with Gasteiger partial charge in [0, 0.05) is 13.1 Å². The van der Waals surface area contributed by atoms with Crippen molar-refractivity contribution >= 4 is 6.09 Å². The number of amides is 1. The van der Waals surface area contributed by atoms with Crippen LogP contribution in [0.1, 0.15) is 19.3 Å². The van der Waals surface area contributed by atoms with E-state index in [0.717, 1.165) is 31.2 Å². The Morgan fingerprint density at radius 1 is 1.31 bits per heavy atom. The molecule has 13 heavy (non-hydrogen) atoms. The summed E-state index contributed by atoms with van der Waals surface area (Å²) in [5.41, 5.74) is 0. The topological polar surface area (TPSA) is 42.0 Å². The molecule has 1 aliphatic rings. The third-order valence-electron chi connectivity index (χ3n) is 2.08. The number of likely N-dealkylation sites (tertiary alicyclic amines) is 1. The van der Waals surface area contributed by atoms with Gasteiger partial charge in [-0.2, -0.15) is 0 Å². The minimum absolute atomic E-state index is 0.330. The summed E-state index contributed by atoms with van der Waals surface area (Å²) >= 11 is 0. The van der Waals surface area contributed by atoms with Gasteiger partial charge in [0.15, 0.2) is 0 Å². The fraction of sp³-hybridized carbons (Fsp3) is 0.875. The lowest BCUT2D eigenvalue weighted by Crippen LogP contribution is -2.39. The third kappa shape index (κ3) is 3.20. The van der Waals surface area contributed by atoms with Crippen LogP contribution in [0.15, 0.2) is 0 Å². The first-order chi connectivity index (χ1) is 6.24. The molecule has 5 heteroatoms. The van der Waals surface area contributed by atoms with Crippen LogP contribution in [0.5, 0.6) is 0 Å². The van der Waals surface area contributed by atoms with Crippen molar-refractivity contribution in [1.82, 2.24) is 10.1 Å². The average Bonchev–Trinajstić information content (AvgIpc) is 2.19. The first kappa shape index (κ1) is 10.3. The second-order valence-electron chi connectivity index (χ2n) is 3.03. The summed E-state index contributed by atoms with van der Waals surface area (Å²) < 4.78 is 0. The number of rotatable bonds is 2. The molecule has 1 rings (SSSR count). The van der Waals surface area contributed by atoms with Gasteiger partial charge in [0.25, 0.3) is 0 Å². The second kappa shape index (κ2) is 5.04. The van der Waals surface area contributed by atoms with Gasteiger partial charge < -0.3 is 9.74 Å². The normalized spacial score (nSPS) is 17.6. The molecule has 0 unspecified atom stereocenters. The number of hydrogen-bond donors (Lipinski definition) is 0. The maximum absolute atomic E-state index is 11.3. The molecule has 0 saturated carbocycles. The van der Waals surface area contributed by atoms with Crippen molar-refractivity contribution in [3.05, 3.63) is 0 Å². The first-order valence-electron chi connectivity index (χ1n) is 4.48. The van der Waals surface area contributed by atoms with Crippen molar-refractivity contribution in [2.75, 3.05) is 27.2 Å². The predicted octanol–water partition coefficient (Wildman–Crippen LogP) is 1.02. The highest BCUT2D eigenvalue weighted by Gasteiger charge is 2.19. The number of hydrogen-bond acceptors (Lipinski definition) is 4. The van der Waals surface area contributed by atoms with Crippen molar-refractivity contribution in [2.45, 2.75) is 19.3 Å². The third-order valence-corrected chi connectivity index (χ3v) is 2.08. The molecular formula is C8H16N2O3. The van der Waals surface area contributed by atoms with Crippen molar-refractivity contribution in [1.29, 1.82) is 0 Å². The van der Waals surface area contributed by atoms with Crippen molar-refractivity contribution in [3.63, 3.8) is 0 Å². The lowest BCUT2D eigenvalue weighted by Gasteiger charge is -2.26. The smallest absolute Gasteiger partial charge is 0.325 e. The van der Waals surface area contributed by atoms with E-state index in [4.69, 9.17) is 4.84 Å². The zero-order valence-corrected chi connectivity index (χ0v) is 8.15. The molecule has 1 amide bonds. The van der Waals surface area contributed by atoms with Gasteiger partial charge >= 0.3 is 6.09 Å². The van der Waals surface area contributed by atoms with E-state index >= 15 is 0 Å². The molecule has 0 aromatic rings. The Bertz CT molecular complexity index is 169. The van der Waals surface area contributed by atoms with Crippen LogP contribution >= 0.6 is 0 Å². The van der Waals surface area contributed by atoms with Crippen LogP contribution in [0.4, 0.5) is 4.79 Å². The zero-order chi connectivity index (χ0) is 9.68. The summed E-state index contributed by atoms with van der Waals surface area (Å²) in [6, 6.07) is 0. The average molecular weight is 188 g/mol. The van der Waals surface area contributed by atoms with Gasteiger partial charge in [-0.25, -0.2) is 4.79 Å². The van der Waals surface area contributed by atoms with Gasteiger partial charge in [-0.05, 0) is 24.5 Å². The summed E-state index contributed by atoms with van der Waals surface area (Å²) in [5.74, 6) is 0. The fourth-order valence-electron chi connectivity index (χ4n) is 1.28. The van der Waals surface area contributed by atoms with Crippen LogP contribution in [-0.4, -0.2) is 43.5 Å². The molecule has 1 fully saturated rings. The molecule has 0 N–H and O–H groups in total. The minimum atomic E-state index is -0.330. The standard InChI is InChI=1S/C8H16N2O3/c1-9(12-2)13-8(11)10-6-4-3-5-7-10/h3-7H2,1-2H3. The molecule has 0 aliphatic carbocycles. The number of carbonyl (C=O) groups excluding carboxylic acids is 1. The number of piperidine rings is 1. The van der Waals surface area contributed by atoms with E-state index in [1.165, 1.54) is 13.5 Å². The van der Waals surface area contributed by atoms with Crippen LogP contribution < -0.4 is 0 Å². The van der Waals surface area contributed by atoms with Crippen LogP contribution in [0.3, 0.4) is 0 Å². The van der Waals surface area contributed by atoms with Crippen molar-refractivity contribution in [3.8, 4) is 0 Å². The van der Waals surface area contributed by atoms with Crippen LogP contribution in [0, 0.1) is 0 Å². The molecule has 0 atom stereocenters. The summed E-state index contributed by atoms with van der Waals surface area (Å²) in [6.07, 6.45) is 2.99. The summed E-state index contributed by atoms with van der Waals surface area (Å²) in [7, 11) is 2.99. The largest absolute Gasteiger partial charge is 0.430 e. The maximum atomic E-state index is 11.3. The fourth-order valence-corrected chi connectivity index (χ4v) is 1.28. The Kier molecular flexibility index (Phi) is 3.98. The lowest BCUT2D eigenvalue weighted by atomic mass is 10.1. The number of nitrogens with zero attached hydrogens (tertiary/aromatic N) is 2. The summed E-state index contributed by atoms with van der Waals surface area (Å²) in [4.78, 5) is 22.6. The molecule has 0 radical (unpaired) electrons. The Morgan fingerprint density at radius 3 is 2.46 bits per heavy atom. The first-order valence-corrected chi connectivity index (χ1v) is 4.48. The highest BCUT2D eigenvalue weighted by Crippen LogP contribution is 2.09. The second-order valence-corrected chi connectivity index (χ2v) is 3.03. The molecule has 0 spiro atoms. The van der Waals surface area contributed by atoms with Crippen LogP contribution in [-0.2, 0) is 9.68 Å². The van der Waals surface area contributed by atoms with E-state index in [1.807, 2.05) is 0 Å². The van der Waals surface area contributed by atoms with Crippen LogP contribution in [0.25, 0.3) is 0 Å². The van der Waals surface area contributed by atoms with Gasteiger partial charge in [-0.15, -0.1) is 0 Å². The summed E-state index contributed by atoms with van der Waals surface area (Å²) in [5, 5.41) is 1.05. The molecule has 0 aromatic heterocycles. The quantitative estimate of drug-likeness (QED) is 0.607. The van der Waals surface area contributed by atoms with Crippen LogP contribution in [0.2, 0.25) is 0 Å². The predicted molar refractivity (Wildman–Crippen MR) is 46.7 cm³/mol. The Balaban J connectivity index is 2.29. The Labute approximate surface area is 78.1 Å². The summed E-state index contributed by atoms with van der Waals surface area (Å²) in [6.45, 7) is 1.58. The van der Waals surface area contributed by atoms with E-state index in [-0.39, 0.29) is 6.09 Å². The molecule has 76 valence electrons. The monoisotopic (exact) mass is 188 g/mol.